The highest BCUT2D eigenvalue weighted by molar-refractivity contribution is 9.10. The third kappa shape index (κ3) is 4.88. The highest BCUT2D eigenvalue weighted by Crippen LogP contribution is 2.17. The third-order valence-electron chi connectivity index (χ3n) is 3.54. The second-order valence-corrected chi connectivity index (χ2v) is 6.17. The first-order valence-corrected chi connectivity index (χ1v) is 7.76. The van der Waals surface area contributed by atoms with Crippen molar-refractivity contribution in [1.29, 1.82) is 0 Å². The molecule has 1 heterocycles. The van der Waals surface area contributed by atoms with Crippen molar-refractivity contribution in [2.75, 3.05) is 32.8 Å². The minimum atomic E-state index is 0.379. The highest BCUT2D eigenvalue weighted by Gasteiger charge is 2.15. The van der Waals surface area contributed by atoms with Gasteiger partial charge in [0.25, 0.3) is 0 Å². The fourth-order valence-electron chi connectivity index (χ4n) is 2.50. The maximum atomic E-state index is 5.38. The van der Waals surface area contributed by atoms with Gasteiger partial charge in [-0.2, -0.15) is 0 Å². The zero-order chi connectivity index (χ0) is 13.7. The Kier molecular flexibility index (Phi) is 5.82. The van der Waals surface area contributed by atoms with Gasteiger partial charge in [0.2, 0.25) is 0 Å². The zero-order valence-electron chi connectivity index (χ0n) is 11.7. The molecule has 4 heteroatoms. The summed E-state index contributed by atoms with van der Waals surface area (Å²) in [7, 11) is 0. The first-order chi connectivity index (χ1) is 9.15. The summed E-state index contributed by atoms with van der Waals surface area (Å²) < 4.78 is 6.51. The fourth-order valence-corrected chi connectivity index (χ4v) is 2.76. The molecular weight excluding hydrogens is 304 g/mol. The zero-order valence-corrected chi connectivity index (χ0v) is 13.3. The molecule has 1 fully saturated rings. The number of rotatable bonds is 5. The van der Waals surface area contributed by atoms with E-state index in [9.17, 15) is 0 Å². The predicted molar refractivity (Wildman–Crippen MR) is 82.4 cm³/mol. The van der Waals surface area contributed by atoms with Crippen LogP contribution in [0.3, 0.4) is 0 Å². The van der Waals surface area contributed by atoms with Gasteiger partial charge in [0, 0.05) is 36.2 Å². The van der Waals surface area contributed by atoms with Gasteiger partial charge >= 0.3 is 0 Å². The van der Waals surface area contributed by atoms with E-state index >= 15 is 0 Å². The van der Waals surface area contributed by atoms with E-state index in [-0.39, 0.29) is 0 Å². The van der Waals surface area contributed by atoms with Crippen LogP contribution in [0.4, 0.5) is 0 Å². The van der Waals surface area contributed by atoms with Crippen molar-refractivity contribution in [3.8, 4) is 0 Å². The largest absolute Gasteiger partial charge is 0.379 e. The van der Waals surface area contributed by atoms with Gasteiger partial charge in [-0.25, -0.2) is 0 Å². The van der Waals surface area contributed by atoms with Crippen molar-refractivity contribution in [2.45, 2.75) is 25.9 Å². The molecule has 1 aromatic carbocycles. The minimum Gasteiger partial charge on any atom is -0.379 e. The predicted octanol–water partition coefficient (Wildman–Crippen LogP) is 2.82. The number of hydrogen-bond donors (Lipinski definition) is 1. The second kappa shape index (κ2) is 7.39. The Balaban J connectivity index is 1.80. The molecule has 1 saturated heterocycles. The average molecular weight is 327 g/mol. The van der Waals surface area contributed by atoms with Crippen molar-refractivity contribution in [1.82, 2.24) is 10.2 Å². The summed E-state index contributed by atoms with van der Waals surface area (Å²) in [6.07, 6.45) is 0. The molecule has 106 valence electrons. The second-order valence-electron chi connectivity index (χ2n) is 5.25. The first-order valence-electron chi connectivity index (χ1n) is 6.97. The monoisotopic (exact) mass is 326 g/mol. The molecule has 1 aliphatic heterocycles. The van der Waals surface area contributed by atoms with Gasteiger partial charge in [0.05, 0.1) is 13.2 Å². The van der Waals surface area contributed by atoms with Crippen LogP contribution in [0.15, 0.2) is 28.7 Å². The Bertz CT molecular complexity index is 376. The summed E-state index contributed by atoms with van der Waals surface area (Å²) in [5.74, 6) is 0. The van der Waals surface area contributed by atoms with E-state index in [0.717, 1.165) is 37.3 Å². The normalized spacial score (nSPS) is 20.2. The molecule has 1 aromatic rings. The van der Waals surface area contributed by atoms with Crippen LogP contribution in [0.5, 0.6) is 0 Å². The van der Waals surface area contributed by atoms with Gasteiger partial charge in [-0.05, 0) is 31.5 Å². The van der Waals surface area contributed by atoms with Crippen LogP contribution < -0.4 is 5.32 Å². The molecule has 0 spiro atoms. The summed E-state index contributed by atoms with van der Waals surface area (Å²) in [5.41, 5.74) is 1.33. The molecule has 1 N–H and O–H groups in total. The summed E-state index contributed by atoms with van der Waals surface area (Å²) in [4.78, 5) is 2.47. The SMILES string of the molecule is CC(CN1CCOCC1)NC(C)c1ccc(Br)cc1. The van der Waals surface area contributed by atoms with Gasteiger partial charge in [-0.15, -0.1) is 0 Å². The van der Waals surface area contributed by atoms with Gasteiger partial charge in [0.1, 0.15) is 0 Å². The van der Waals surface area contributed by atoms with E-state index in [1.165, 1.54) is 5.56 Å². The quantitative estimate of drug-likeness (QED) is 0.900. The van der Waals surface area contributed by atoms with E-state index < -0.39 is 0 Å². The lowest BCUT2D eigenvalue weighted by Crippen LogP contribution is -2.44. The van der Waals surface area contributed by atoms with Crippen LogP contribution in [0.2, 0.25) is 0 Å². The first kappa shape index (κ1) is 15.0. The molecule has 2 unspecified atom stereocenters. The Hall–Kier alpha value is -0.420. The molecule has 3 nitrogen and oxygen atoms in total. The lowest BCUT2D eigenvalue weighted by atomic mass is 10.1. The molecule has 1 aliphatic rings. The van der Waals surface area contributed by atoms with Crippen LogP contribution >= 0.6 is 15.9 Å². The number of morpholine rings is 1. The van der Waals surface area contributed by atoms with Crippen molar-refractivity contribution >= 4 is 15.9 Å². The molecule has 2 atom stereocenters. The third-order valence-corrected chi connectivity index (χ3v) is 4.07. The van der Waals surface area contributed by atoms with Crippen LogP contribution in [-0.2, 0) is 4.74 Å². The van der Waals surface area contributed by atoms with Crippen LogP contribution in [0, 0.1) is 0 Å². The van der Waals surface area contributed by atoms with Crippen molar-refractivity contribution < 1.29 is 4.74 Å². The molecule has 0 bridgehead atoms. The number of nitrogens with one attached hydrogen (secondary N) is 1. The van der Waals surface area contributed by atoms with E-state index in [1.807, 2.05) is 0 Å². The number of nitrogens with zero attached hydrogens (tertiary/aromatic N) is 1. The summed E-state index contributed by atoms with van der Waals surface area (Å²) in [6.45, 7) is 9.41. The van der Waals surface area contributed by atoms with E-state index in [4.69, 9.17) is 4.74 Å². The average Bonchev–Trinajstić information content (AvgIpc) is 2.40. The Morgan fingerprint density at radius 3 is 2.47 bits per heavy atom. The molecule has 0 saturated carbocycles. The molecule has 0 amide bonds. The highest BCUT2D eigenvalue weighted by atomic mass is 79.9. The summed E-state index contributed by atoms with van der Waals surface area (Å²) in [5, 5.41) is 3.67. The topological polar surface area (TPSA) is 24.5 Å². The maximum absolute atomic E-state index is 5.38. The number of hydrogen-bond acceptors (Lipinski definition) is 3. The van der Waals surface area contributed by atoms with E-state index in [0.29, 0.717) is 12.1 Å². The van der Waals surface area contributed by atoms with E-state index in [1.54, 1.807) is 0 Å². The number of halogens is 1. The van der Waals surface area contributed by atoms with Crippen molar-refractivity contribution in [2.24, 2.45) is 0 Å². The maximum Gasteiger partial charge on any atom is 0.0594 e. The Morgan fingerprint density at radius 2 is 1.84 bits per heavy atom. The van der Waals surface area contributed by atoms with Crippen LogP contribution in [-0.4, -0.2) is 43.8 Å². The number of benzene rings is 1. The molecular formula is C15H23BrN2O. The smallest absolute Gasteiger partial charge is 0.0594 e. The fraction of sp³-hybridized carbons (Fsp3) is 0.600. The number of ether oxygens (including phenoxy) is 1. The molecule has 2 rings (SSSR count). The molecule has 0 aromatic heterocycles. The van der Waals surface area contributed by atoms with Crippen LogP contribution in [0.1, 0.15) is 25.5 Å². The summed E-state index contributed by atoms with van der Waals surface area (Å²) in [6, 6.07) is 9.40. The van der Waals surface area contributed by atoms with E-state index in [2.05, 4.69) is 64.3 Å². The van der Waals surface area contributed by atoms with Crippen molar-refractivity contribution in [3.05, 3.63) is 34.3 Å². The van der Waals surface area contributed by atoms with Crippen LogP contribution in [0.25, 0.3) is 0 Å². The Morgan fingerprint density at radius 1 is 1.21 bits per heavy atom. The lowest BCUT2D eigenvalue weighted by Gasteiger charge is -2.30. The molecule has 0 radical (unpaired) electrons. The lowest BCUT2D eigenvalue weighted by molar-refractivity contribution is 0.0339. The minimum absolute atomic E-state index is 0.379. The van der Waals surface area contributed by atoms with Gasteiger partial charge in [0.15, 0.2) is 0 Å². The Labute approximate surface area is 124 Å². The van der Waals surface area contributed by atoms with Gasteiger partial charge in [-0.3, -0.25) is 4.90 Å². The van der Waals surface area contributed by atoms with Gasteiger partial charge < -0.3 is 10.1 Å². The van der Waals surface area contributed by atoms with Crippen molar-refractivity contribution in [3.63, 3.8) is 0 Å². The standard InChI is InChI=1S/C15H23BrN2O/c1-12(11-18-7-9-19-10-8-18)17-13(2)14-3-5-15(16)6-4-14/h3-6,12-13,17H,7-11H2,1-2H3. The molecule has 19 heavy (non-hydrogen) atoms. The van der Waals surface area contributed by atoms with Gasteiger partial charge in [-0.1, -0.05) is 28.1 Å². The summed E-state index contributed by atoms with van der Waals surface area (Å²) >= 11 is 3.47. The molecule has 0 aliphatic carbocycles.